The molecule has 1 aliphatic rings. The molecule has 9 heteroatoms. The molecule has 1 fully saturated rings. The molecule has 0 bridgehead atoms. The van der Waals surface area contributed by atoms with E-state index in [4.69, 9.17) is 16.3 Å². The van der Waals surface area contributed by atoms with E-state index in [-0.39, 0.29) is 13.1 Å². The molecule has 1 aliphatic heterocycles. The fraction of sp³-hybridized carbons (Fsp3) is 0.471. The second kappa shape index (κ2) is 9.40. The number of ether oxygens (including phenoxy) is 1. The third-order valence-electron chi connectivity index (χ3n) is 4.30. The van der Waals surface area contributed by atoms with E-state index in [9.17, 15) is 19.5 Å². The summed E-state index contributed by atoms with van der Waals surface area (Å²) in [7, 11) is 0. The zero-order valence-corrected chi connectivity index (χ0v) is 15.0. The first-order chi connectivity index (χ1) is 12.4. The summed E-state index contributed by atoms with van der Waals surface area (Å²) in [6.45, 7) is 0.783. The van der Waals surface area contributed by atoms with Crippen molar-refractivity contribution in [3.8, 4) is 0 Å². The summed E-state index contributed by atoms with van der Waals surface area (Å²) in [5, 5.41) is 17.7. The third kappa shape index (κ3) is 5.89. The van der Waals surface area contributed by atoms with Gasteiger partial charge in [0.15, 0.2) is 0 Å². The fourth-order valence-corrected chi connectivity index (χ4v) is 2.69. The van der Waals surface area contributed by atoms with Crippen molar-refractivity contribution >= 4 is 29.5 Å². The van der Waals surface area contributed by atoms with Crippen molar-refractivity contribution in [3.63, 3.8) is 0 Å². The minimum absolute atomic E-state index is 0.0125. The van der Waals surface area contributed by atoms with E-state index in [1.807, 2.05) is 0 Å². The van der Waals surface area contributed by atoms with Gasteiger partial charge in [-0.05, 0) is 30.5 Å². The van der Waals surface area contributed by atoms with Crippen LogP contribution in [0.5, 0.6) is 0 Å². The standard InChI is InChI=1S/C17H22ClN3O5/c18-13-3-1-12(2-4-13)9-19-16(25)20-10-14(22)21-11-17(15(23)24)5-7-26-8-6-17/h1-4H,5-11H2,(H,21,22)(H,23,24)(H2,19,20,25). The number of hydrogen-bond donors (Lipinski definition) is 4. The first-order valence-corrected chi connectivity index (χ1v) is 8.63. The highest BCUT2D eigenvalue weighted by atomic mass is 35.5. The van der Waals surface area contributed by atoms with E-state index in [1.165, 1.54) is 0 Å². The minimum atomic E-state index is -1.01. The van der Waals surface area contributed by atoms with Crippen LogP contribution in [0.1, 0.15) is 18.4 Å². The van der Waals surface area contributed by atoms with Crippen molar-refractivity contribution in [2.24, 2.45) is 5.41 Å². The molecule has 142 valence electrons. The van der Waals surface area contributed by atoms with Crippen molar-refractivity contribution in [2.45, 2.75) is 19.4 Å². The Morgan fingerprint density at radius 2 is 1.73 bits per heavy atom. The van der Waals surface area contributed by atoms with E-state index >= 15 is 0 Å². The lowest BCUT2D eigenvalue weighted by Crippen LogP contribution is -2.49. The number of halogens is 1. The Labute approximate surface area is 156 Å². The molecular weight excluding hydrogens is 362 g/mol. The molecule has 0 saturated carbocycles. The number of carbonyl (C=O) groups excluding carboxylic acids is 2. The second-order valence-electron chi connectivity index (χ2n) is 6.14. The van der Waals surface area contributed by atoms with Gasteiger partial charge in [0.25, 0.3) is 0 Å². The lowest BCUT2D eigenvalue weighted by atomic mass is 9.80. The third-order valence-corrected chi connectivity index (χ3v) is 4.56. The monoisotopic (exact) mass is 383 g/mol. The van der Waals surface area contributed by atoms with Gasteiger partial charge in [-0.15, -0.1) is 0 Å². The molecule has 0 unspecified atom stereocenters. The van der Waals surface area contributed by atoms with E-state index in [0.717, 1.165) is 5.56 Å². The molecule has 1 heterocycles. The summed E-state index contributed by atoms with van der Waals surface area (Å²) in [5.74, 6) is -1.39. The SMILES string of the molecule is O=C(CNC(=O)NCc1ccc(Cl)cc1)NCC1(C(=O)O)CCOCC1. The molecule has 0 spiro atoms. The van der Waals surface area contributed by atoms with Gasteiger partial charge in [-0.25, -0.2) is 4.79 Å². The smallest absolute Gasteiger partial charge is 0.315 e. The molecule has 0 radical (unpaired) electrons. The summed E-state index contributed by atoms with van der Waals surface area (Å²) in [5.41, 5.74) is -0.137. The maximum absolute atomic E-state index is 11.9. The Morgan fingerprint density at radius 1 is 1.08 bits per heavy atom. The van der Waals surface area contributed by atoms with Crippen LogP contribution in [-0.4, -0.2) is 49.3 Å². The van der Waals surface area contributed by atoms with Crippen molar-refractivity contribution < 1.29 is 24.2 Å². The number of nitrogens with one attached hydrogen (secondary N) is 3. The van der Waals surface area contributed by atoms with Crippen LogP contribution in [0.15, 0.2) is 24.3 Å². The van der Waals surface area contributed by atoms with Gasteiger partial charge >= 0.3 is 12.0 Å². The van der Waals surface area contributed by atoms with E-state index in [2.05, 4.69) is 16.0 Å². The molecule has 2 rings (SSSR count). The van der Waals surface area contributed by atoms with Gasteiger partial charge < -0.3 is 25.8 Å². The van der Waals surface area contributed by atoms with E-state index in [0.29, 0.717) is 37.6 Å². The molecule has 1 aromatic carbocycles. The lowest BCUT2D eigenvalue weighted by Gasteiger charge is -2.33. The Morgan fingerprint density at radius 3 is 2.35 bits per heavy atom. The van der Waals surface area contributed by atoms with Crippen LogP contribution in [0.2, 0.25) is 5.02 Å². The molecule has 1 aromatic rings. The number of amides is 3. The first kappa shape index (κ1) is 20.0. The van der Waals surface area contributed by atoms with Gasteiger partial charge in [0.1, 0.15) is 0 Å². The zero-order valence-electron chi connectivity index (χ0n) is 14.2. The van der Waals surface area contributed by atoms with Crippen LogP contribution < -0.4 is 16.0 Å². The molecule has 8 nitrogen and oxygen atoms in total. The topological polar surface area (TPSA) is 117 Å². The molecule has 0 aromatic heterocycles. The van der Waals surface area contributed by atoms with Crippen LogP contribution in [0.25, 0.3) is 0 Å². The van der Waals surface area contributed by atoms with Crippen molar-refractivity contribution in [2.75, 3.05) is 26.3 Å². The molecule has 0 atom stereocenters. The number of carbonyl (C=O) groups is 3. The first-order valence-electron chi connectivity index (χ1n) is 8.25. The predicted octanol–water partition coefficient (Wildman–Crippen LogP) is 1.14. The number of rotatable bonds is 7. The Kier molecular flexibility index (Phi) is 7.23. The van der Waals surface area contributed by atoms with Gasteiger partial charge in [0.05, 0.1) is 12.0 Å². The number of urea groups is 1. The number of carboxylic acids is 1. The Hall–Kier alpha value is -2.32. The van der Waals surface area contributed by atoms with Crippen LogP contribution >= 0.6 is 11.6 Å². The van der Waals surface area contributed by atoms with Gasteiger partial charge in [-0.2, -0.15) is 0 Å². The molecule has 26 heavy (non-hydrogen) atoms. The van der Waals surface area contributed by atoms with Gasteiger partial charge in [0.2, 0.25) is 5.91 Å². The average molecular weight is 384 g/mol. The molecule has 0 aliphatic carbocycles. The average Bonchev–Trinajstić information content (AvgIpc) is 2.65. The summed E-state index contributed by atoms with van der Waals surface area (Å²) >= 11 is 5.79. The minimum Gasteiger partial charge on any atom is -0.481 e. The largest absolute Gasteiger partial charge is 0.481 e. The lowest BCUT2D eigenvalue weighted by molar-refractivity contribution is -0.154. The van der Waals surface area contributed by atoms with Crippen LogP contribution in [0.4, 0.5) is 4.79 Å². The van der Waals surface area contributed by atoms with Crippen molar-refractivity contribution in [1.29, 1.82) is 0 Å². The highest BCUT2D eigenvalue weighted by Crippen LogP contribution is 2.29. The van der Waals surface area contributed by atoms with Gasteiger partial charge in [-0.3, -0.25) is 9.59 Å². The van der Waals surface area contributed by atoms with E-state index in [1.54, 1.807) is 24.3 Å². The summed E-state index contributed by atoms with van der Waals surface area (Å²) in [6.07, 6.45) is 0.690. The molecular formula is C17H22ClN3O5. The number of hydrogen-bond acceptors (Lipinski definition) is 4. The zero-order chi connectivity index (χ0) is 19.0. The second-order valence-corrected chi connectivity index (χ2v) is 6.57. The van der Waals surface area contributed by atoms with Crippen LogP contribution in [0.3, 0.4) is 0 Å². The quantitative estimate of drug-likeness (QED) is 0.563. The Bertz CT molecular complexity index is 644. The highest BCUT2D eigenvalue weighted by molar-refractivity contribution is 6.30. The van der Waals surface area contributed by atoms with Gasteiger partial charge in [-0.1, -0.05) is 23.7 Å². The molecule has 1 saturated heterocycles. The fourth-order valence-electron chi connectivity index (χ4n) is 2.57. The van der Waals surface area contributed by atoms with Crippen molar-refractivity contribution in [3.05, 3.63) is 34.9 Å². The highest BCUT2D eigenvalue weighted by Gasteiger charge is 2.40. The summed E-state index contributed by atoms with van der Waals surface area (Å²) in [4.78, 5) is 35.1. The number of benzene rings is 1. The molecule has 4 N–H and O–H groups in total. The molecule has 3 amide bonds. The summed E-state index contributed by atoms with van der Waals surface area (Å²) < 4.78 is 5.18. The maximum atomic E-state index is 11.9. The predicted molar refractivity (Wildman–Crippen MR) is 94.8 cm³/mol. The summed E-state index contributed by atoms with van der Waals surface area (Å²) in [6, 6.07) is 6.52. The number of carboxylic acid groups (broad SMARTS) is 1. The normalized spacial score (nSPS) is 15.7. The maximum Gasteiger partial charge on any atom is 0.315 e. The van der Waals surface area contributed by atoms with Crippen molar-refractivity contribution in [1.82, 2.24) is 16.0 Å². The van der Waals surface area contributed by atoms with E-state index < -0.39 is 23.3 Å². The number of aliphatic carboxylic acids is 1. The van der Waals surface area contributed by atoms with Crippen LogP contribution in [-0.2, 0) is 20.9 Å². The Balaban J connectivity index is 1.69. The van der Waals surface area contributed by atoms with Crippen LogP contribution in [0, 0.1) is 5.41 Å². The van der Waals surface area contributed by atoms with Gasteiger partial charge in [0, 0.05) is 31.3 Å².